The summed E-state index contributed by atoms with van der Waals surface area (Å²) in [5.74, 6) is 0.156. The molecule has 6 heteroatoms. The molecule has 3 rings (SSSR count). The van der Waals surface area contributed by atoms with Crippen molar-refractivity contribution in [3.05, 3.63) is 47.3 Å². The van der Waals surface area contributed by atoms with Crippen molar-refractivity contribution in [3.63, 3.8) is 0 Å². The van der Waals surface area contributed by atoms with Crippen molar-refractivity contribution in [1.29, 1.82) is 0 Å². The summed E-state index contributed by atoms with van der Waals surface area (Å²) in [5.41, 5.74) is 4.14. The number of aromatic nitrogens is 2. The number of aliphatic hydroxyl groups is 1. The van der Waals surface area contributed by atoms with Crippen LogP contribution in [0.25, 0.3) is 0 Å². The molecule has 1 aliphatic heterocycles. The predicted octanol–water partition coefficient (Wildman–Crippen LogP) is 1.39. The number of carbonyl (C=O) groups excluding carboxylic acids is 1. The van der Waals surface area contributed by atoms with E-state index in [0.29, 0.717) is 26.1 Å². The first kappa shape index (κ1) is 16.7. The molecule has 128 valence electrons. The number of benzene rings is 1. The highest BCUT2D eigenvalue weighted by atomic mass is 16.3. The number of rotatable bonds is 6. The van der Waals surface area contributed by atoms with Crippen LogP contribution < -0.4 is 10.2 Å². The molecule has 1 fully saturated rings. The zero-order valence-corrected chi connectivity index (χ0v) is 14.2. The summed E-state index contributed by atoms with van der Waals surface area (Å²) in [5, 5.41) is 17.0. The monoisotopic (exact) mass is 328 g/mol. The zero-order chi connectivity index (χ0) is 17.1. The van der Waals surface area contributed by atoms with Crippen LogP contribution in [-0.2, 0) is 17.9 Å². The van der Waals surface area contributed by atoms with Crippen LogP contribution in [-0.4, -0.2) is 40.0 Å². The first-order valence-corrected chi connectivity index (χ1v) is 8.32. The van der Waals surface area contributed by atoms with Gasteiger partial charge in [0.05, 0.1) is 18.8 Å². The maximum Gasteiger partial charge on any atom is 0.228 e. The van der Waals surface area contributed by atoms with Gasteiger partial charge in [0, 0.05) is 42.5 Å². The molecule has 0 saturated carbocycles. The Balaban J connectivity index is 1.63. The minimum Gasteiger partial charge on any atom is -0.394 e. The number of anilines is 1. The van der Waals surface area contributed by atoms with E-state index in [-0.39, 0.29) is 18.6 Å². The summed E-state index contributed by atoms with van der Waals surface area (Å²) < 4.78 is 1.84. The largest absolute Gasteiger partial charge is 0.394 e. The number of hydrogen-bond donors (Lipinski definition) is 2. The van der Waals surface area contributed by atoms with Gasteiger partial charge in [-0.1, -0.05) is 18.2 Å². The Bertz CT molecular complexity index is 711. The fourth-order valence-corrected chi connectivity index (χ4v) is 3.25. The normalized spacial score (nSPS) is 17.7. The number of amides is 1. The number of nitrogens with one attached hydrogen (secondary N) is 1. The van der Waals surface area contributed by atoms with Gasteiger partial charge in [-0.05, 0) is 26.0 Å². The lowest BCUT2D eigenvalue weighted by Gasteiger charge is -2.17. The topological polar surface area (TPSA) is 70.4 Å². The first-order chi connectivity index (χ1) is 11.6. The zero-order valence-electron chi connectivity index (χ0n) is 14.2. The minimum atomic E-state index is 0.0813. The highest BCUT2D eigenvalue weighted by Gasteiger charge is 2.30. The molecule has 2 N–H and O–H groups in total. The van der Waals surface area contributed by atoms with E-state index in [1.165, 1.54) is 0 Å². The molecule has 24 heavy (non-hydrogen) atoms. The van der Waals surface area contributed by atoms with Crippen LogP contribution in [0.15, 0.2) is 30.3 Å². The molecule has 1 aliphatic rings. The molecule has 0 radical (unpaired) electrons. The van der Waals surface area contributed by atoms with Gasteiger partial charge in [-0.25, -0.2) is 0 Å². The second-order valence-corrected chi connectivity index (χ2v) is 6.22. The van der Waals surface area contributed by atoms with E-state index in [2.05, 4.69) is 10.4 Å². The Morgan fingerprint density at radius 1 is 1.29 bits per heavy atom. The van der Waals surface area contributed by atoms with Crippen molar-refractivity contribution in [3.8, 4) is 0 Å². The quantitative estimate of drug-likeness (QED) is 0.841. The van der Waals surface area contributed by atoms with Gasteiger partial charge < -0.3 is 15.3 Å². The molecule has 0 bridgehead atoms. The van der Waals surface area contributed by atoms with Crippen LogP contribution in [0.1, 0.15) is 23.4 Å². The number of aliphatic hydroxyl groups excluding tert-OH is 1. The number of para-hydroxylation sites is 1. The number of carbonyl (C=O) groups is 1. The van der Waals surface area contributed by atoms with Crippen LogP contribution in [0, 0.1) is 13.8 Å². The molecule has 1 saturated heterocycles. The van der Waals surface area contributed by atoms with Gasteiger partial charge in [0.2, 0.25) is 5.91 Å². The van der Waals surface area contributed by atoms with Crippen molar-refractivity contribution in [2.75, 3.05) is 18.1 Å². The van der Waals surface area contributed by atoms with E-state index in [1.54, 1.807) is 0 Å². The highest BCUT2D eigenvalue weighted by Crippen LogP contribution is 2.21. The Morgan fingerprint density at radius 3 is 2.75 bits per heavy atom. The molecule has 0 spiro atoms. The van der Waals surface area contributed by atoms with E-state index in [0.717, 1.165) is 22.6 Å². The molecule has 1 atom stereocenters. The lowest BCUT2D eigenvalue weighted by atomic mass is 10.1. The van der Waals surface area contributed by atoms with E-state index in [9.17, 15) is 4.79 Å². The van der Waals surface area contributed by atoms with Crippen molar-refractivity contribution >= 4 is 11.6 Å². The Labute approximate surface area is 142 Å². The molecular formula is C18H24N4O2. The lowest BCUT2D eigenvalue weighted by Crippen LogP contribution is -2.32. The van der Waals surface area contributed by atoms with Gasteiger partial charge in [-0.2, -0.15) is 5.10 Å². The summed E-state index contributed by atoms with van der Waals surface area (Å²) in [4.78, 5) is 14.1. The average molecular weight is 328 g/mol. The van der Waals surface area contributed by atoms with Gasteiger partial charge in [-0.15, -0.1) is 0 Å². The Kier molecular flexibility index (Phi) is 4.97. The molecule has 6 nitrogen and oxygen atoms in total. The smallest absolute Gasteiger partial charge is 0.228 e. The van der Waals surface area contributed by atoms with Crippen LogP contribution in [0.3, 0.4) is 0 Å². The molecule has 2 heterocycles. The Hall–Kier alpha value is -2.18. The second kappa shape index (κ2) is 7.15. The molecular weight excluding hydrogens is 304 g/mol. The number of hydrogen-bond acceptors (Lipinski definition) is 4. The van der Waals surface area contributed by atoms with Crippen molar-refractivity contribution in [1.82, 2.24) is 15.1 Å². The van der Waals surface area contributed by atoms with Crippen LogP contribution in [0.5, 0.6) is 0 Å². The summed E-state index contributed by atoms with van der Waals surface area (Å²) in [6.45, 7) is 5.96. The van der Waals surface area contributed by atoms with Gasteiger partial charge in [0.1, 0.15) is 0 Å². The SMILES string of the molecule is Cc1nn(CCO)c(C)c1CN[C@@H]1CC(=O)N(c2ccccc2)C1. The third-order valence-electron chi connectivity index (χ3n) is 4.60. The molecule has 0 unspecified atom stereocenters. The lowest BCUT2D eigenvalue weighted by molar-refractivity contribution is -0.117. The fourth-order valence-electron chi connectivity index (χ4n) is 3.25. The van der Waals surface area contributed by atoms with E-state index in [1.807, 2.05) is 53.8 Å². The van der Waals surface area contributed by atoms with Crippen molar-refractivity contribution in [2.24, 2.45) is 0 Å². The Morgan fingerprint density at radius 2 is 2.04 bits per heavy atom. The molecule has 1 aromatic heterocycles. The third kappa shape index (κ3) is 3.34. The summed E-state index contributed by atoms with van der Waals surface area (Å²) in [7, 11) is 0. The first-order valence-electron chi connectivity index (χ1n) is 8.32. The van der Waals surface area contributed by atoms with E-state index in [4.69, 9.17) is 5.11 Å². The fraction of sp³-hybridized carbons (Fsp3) is 0.444. The van der Waals surface area contributed by atoms with Gasteiger partial charge >= 0.3 is 0 Å². The average Bonchev–Trinajstić information content (AvgIpc) is 3.07. The van der Waals surface area contributed by atoms with Crippen LogP contribution in [0.4, 0.5) is 5.69 Å². The van der Waals surface area contributed by atoms with Crippen molar-refractivity contribution < 1.29 is 9.90 Å². The molecule has 1 aromatic carbocycles. The molecule has 0 aliphatic carbocycles. The van der Waals surface area contributed by atoms with Crippen LogP contribution >= 0.6 is 0 Å². The number of aryl methyl sites for hydroxylation is 1. The van der Waals surface area contributed by atoms with E-state index >= 15 is 0 Å². The summed E-state index contributed by atoms with van der Waals surface area (Å²) in [6, 6.07) is 9.92. The summed E-state index contributed by atoms with van der Waals surface area (Å²) in [6.07, 6.45) is 0.512. The maximum atomic E-state index is 12.3. The predicted molar refractivity (Wildman–Crippen MR) is 92.8 cm³/mol. The number of nitrogens with zero attached hydrogens (tertiary/aromatic N) is 3. The maximum absolute atomic E-state index is 12.3. The molecule has 2 aromatic rings. The van der Waals surface area contributed by atoms with Gasteiger partial charge in [0.25, 0.3) is 0 Å². The standard InChI is InChI=1S/C18H24N4O2/c1-13-17(14(2)22(20-13)8-9-23)11-19-15-10-18(24)21(12-15)16-6-4-3-5-7-16/h3-7,15,19,23H,8-12H2,1-2H3/t15-/m1/s1. The van der Waals surface area contributed by atoms with E-state index < -0.39 is 0 Å². The minimum absolute atomic E-state index is 0.0813. The third-order valence-corrected chi connectivity index (χ3v) is 4.60. The van der Waals surface area contributed by atoms with Gasteiger partial charge in [0.15, 0.2) is 0 Å². The highest BCUT2D eigenvalue weighted by molar-refractivity contribution is 5.96. The summed E-state index contributed by atoms with van der Waals surface area (Å²) >= 11 is 0. The molecule has 1 amide bonds. The second-order valence-electron chi connectivity index (χ2n) is 6.22. The van der Waals surface area contributed by atoms with Gasteiger partial charge in [-0.3, -0.25) is 9.48 Å². The van der Waals surface area contributed by atoms with Crippen molar-refractivity contribution in [2.45, 2.75) is 39.4 Å². The van der Waals surface area contributed by atoms with Crippen LogP contribution in [0.2, 0.25) is 0 Å².